The van der Waals surface area contributed by atoms with E-state index in [1.807, 2.05) is 19.2 Å². The Morgan fingerprint density at radius 3 is 2.95 bits per heavy atom. The molecule has 1 aliphatic rings. The van der Waals surface area contributed by atoms with Gasteiger partial charge in [0.1, 0.15) is 5.82 Å². The summed E-state index contributed by atoms with van der Waals surface area (Å²) in [6, 6.07) is 5.60. The zero-order valence-electron chi connectivity index (χ0n) is 12.2. The first-order valence-corrected chi connectivity index (χ1v) is 7.38. The van der Waals surface area contributed by atoms with E-state index in [-0.39, 0.29) is 11.9 Å². The van der Waals surface area contributed by atoms with Gasteiger partial charge < -0.3 is 10.2 Å². The molecule has 3 heteroatoms. The highest BCUT2D eigenvalue weighted by molar-refractivity contribution is 5.56. The molecule has 0 spiro atoms. The van der Waals surface area contributed by atoms with Crippen molar-refractivity contribution in [1.29, 1.82) is 0 Å². The molecular formula is C16H25FN2. The van der Waals surface area contributed by atoms with E-state index in [4.69, 9.17) is 0 Å². The minimum atomic E-state index is -0.0863. The van der Waals surface area contributed by atoms with Crippen molar-refractivity contribution in [3.05, 3.63) is 29.6 Å². The van der Waals surface area contributed by atoms with Crippen molar-refractivity contribution in [2.75, 3.05) is 25.0 Å². The van der Waals surface area contributed by atoms with Gasteiger partial charge >= 0.3 is 0 Å². The lowest BCUT2D eigenvalue weighted by molar-refractivity contribution is 0.528. The molecule has 0 bridgehead atoms. The average molecular weight is 264 g/mol. The number of anilines is 1. The molecule has 1 fully saturated rings. The summed E-state index contributed by atoms with van der Waals surface area (Å²) in [6.45, 7) is 6.28. The van der Waals surface area contributed by atoms with Crippen molar-refractivity contribution in [1.82, 2.24) is 5.32 Å². The molecule has 2 atom stereocenters. The summed E-state index contributed by atoms with van der Waals surface area (Å²) in [5.74, 6) is 0.638. The molecule has 106 valence electrons. The predicted molar refractivity (Wildman–Crippen MR) is 79.1 cm³/mol. The standard InChI is InChI=1S/C16H25FN2/c1-4-6-13-9-10-19(11-13)16-14(12(2)18-3)7-5-8-15(16)17/h5,7-8,12-13,18H,4,6,9-11H2,1-3H3. The van der Waals surface area contributed by atoms with Crippen molar-refractivity contribution in [2.45, 2.75) is 39.2 Å². The van der Waals surface area contributed by atoms with Crippen LogP contribution in [0.3, 0.4) is 0 Å². The average Bonchev–Trinajstić information content (AvgIpc) is 2.86. The van der Waals surface area contributed by atoms with E-state index in [1.165, 1.54) is 19.3 Å². The van der Waals surface area contributed by atoms with Crippen LogP contribution < -0.4 is 10.2 Å². The van der Waals surface area contributed by atoms with Gasteiger partial charge in [-0.2, -0.15) is 0 Å². The molecule has 0 aromatic heterocycles. The number of halogens is 1. The lowest BCUT2D eigenvalue weighted by Crippen LogP contribution is -2.25. The predicted octanol–water partition coefficient (Wildman–Crippen LogP) is 3.73. The Morgan fingerprint density at radius 2 is 2.26 bits per heavy atom. The Bertz CT molecular complexity index is 419. The van der Waals surface area contributed by atoms with Gasteiger partial charge in [-0.05, 0) is 44.4 Å². The van der Waals surface area contributed by atoms with Gasteiger partial charge in [-0.1, -0.05) is 25.5 Å². The van der Waals surface area contributed by atoms with Gasteiger partial charge in [0.2, 0.25) is 0 Å². The van der Waals surface area contributed by atoms with E-state index >= 15 is 0 Å². The van der Waals surface area contributed by atoms with Crippen LogP contribution in [0.5, 0.6) is 0 Å². The Hall–Kier alpha value is -1.09. The van der Waals surface area contributed by atoms with E-state index in [0.29, 0.717) is 0 Å². The van der Waals surface area contributed by atoms with E-state index in [1.54, 1.807) is 6.07 Å². The summed E-state index contributed by atoms with van der Waals surface area (Å²) in [4.78, 5) is 2.23. The number of nitrogens with zero attached hydrogens (tertiary/aromatic N) is 1. The van der Waals surface area contributed by atoms with Crippen molar-refractivity contribution in [3.8, 4) is 0 Å². The third kappa shape index (κ3) is 3.08. The maximum absolute atomic E-state index is 14.2. The molecular weight excluding hydrogens is 239 g/mol. The molecule has 1 aromatic carbocycles. The number of rotatable bonds is 5. The second-order valence-corrected chi connectivity index (χ2v) is 5.58. The molecule has 1 aromatic rings. The molecule has 2 unspecified atom stereocenters. The molecule has 0 radical (unpaired) electrons. The first-order chi connectivity index (χ1) is 9.17. The van der Waals surface area contributed by atoms with Gasteiger partial charge in [0.05, 0.1) is 5.69 Å². The first kappa shape index (κ1) is 14.3. The normalized spacial score (nSPS) is 20.8. The van der Waals surface area contributed by atoms with Crippen LogP contribution in [0, 0.1) is 11.7 Å². The monoisotopic (exact) mass is 264 g/mol. The molecule has 0 saturated carbocycles. The highest BCUT2D eigenvalue weighted by Gasteiger charge is 2.26. The van der Waals surface area contributed by atoms with E-state index < -0.39 is 0 Å². The van der Waals surface area contributed by atoms with Crippen LogP contribution in [0.1, 0.15) is 44.7 Å². The molecule has 1 N–H and O–H groups in total. The molecule has 1 heterocycles. The van der Waals surface area contributed by atoms with Crippen LogP contribution in [0.4, 0.5) is 10.1 Å². The fraction of sp³-hybridized carbons (Fsp3) is 0.625. The number of nitrogens with one attached hydrogen (secondary N) is 1. The lowest BCUT2D eigenvalue weighted by atomic mass is 10.0. The Balaban J connectivity index is 2.24. The molecule has 2 rings (SSSR count). The summed E-state index contributed by atoms with van der Waals surface area (Å²) in [7, 11) is 1.92. The summed E-state index contributed by atoms with van der Waals surface area (Å²) >= 11 is 0. The van der Waals surface area contributed by atoms with Crippen LogP contribution in [-0.4, -0.2) is 20.1 Å². The van der Waals surface area contributed by atoms with Gasteiger partial charge in [-0.15, -0.1) is 0 Å². The van der Waals surface area contributed by atoms with Gasteiger partial charge in [0.15, 0.2) is 0 Å². The van der Waals surface area contributed by atoms with E-state index in [0.717, 1.165) is 30.3 Å². The zero-order chi connectivity index (χ0) is 13.8. The van der Waals surface area contributed by atoms with E-state index in [9.17, 15) is 4.39 Å². The molecule has 0 aliphatic carbocycles. The summed E-state index contributed by atoms with van der Waals surface area (Å²) < 4.78 is 14.2. The number of hydrogen-bond donors (Lipinski definition) is 1. The third-order valence-corrected chi connectivity index (χ3v) is 4.22. The maximum atomic E-state index is 14.2. The van der Waals surface area contributed by atoms with Crippen LogP contribution in [0.15, 0.2) is 18.2 Å². The van der Waals surface area contributed by atoms with Crippen molar-refractivity contribution >= 4 is 5.69 Å². The first-order valence-electron chi connectivity index (χ1n) is 7.38. The van der Waals surface area contributed by atoms with Crippen LogP contribution in [-0.2, 0) is 0 Å². The quantitative estimate of drug-likeness (QED) is 0.871. The second-order valence-electron chi connectivity index (χ2n) is 5.58. The fourth-order valence-corrected chi connectivity index (χ4v) is 3.05. The molecule has 19 heavy (non-hydrogen) atoms. The SMILES string of the molecule is CCCC1CCN(c2c(F)cccc2C(C)NC)C1. The van der Waals surface area contributed by atoms with Gasteiger partial charge in [-0.25, -0.2) is 4.39 Å². The lowest BCUT2D eigenvalue weighted by Gasteiger charge is -2.25. The number of para-hydroxylation sites is 1. The summed E-state index contributed by atoms with van der Waals surface area (Å²) in [5.41, 5.74) is 1.88. The van der Waals surface area contributed by atoms with Crippen LogP contribution in [0.2, 0.25) is 0 Å². The minimum absolute atomic E-state index is 0.0863. The number of hydrogen-bond acceptors (Lipinski definition) is 2. The fourth-order valence-electron chi connectivity index (χ4n) is 3.05. The number of benzene rings is 1. The maximum Gasteiger partial charge on any atom is 0.146 e. The van der Waals surface area contributed by atoms with Crippen LogP contribution in [0.25, 0.3) is 0 Å². The van der Waals surface area contributed by atoms with Crippen molar-refractivity contribution in [3.63, 3.8) is 0 Å². The molecule has 1 saturated heterocycles. The van der Waals surface area contributed by atoms with Gasteiger partial charge in [0.25, 0.3) is 0 Å². The van der Waals surface area contributed by atoms with Crippen LogP contribution >= 0.6 is 0 Å². The van der Waals surface area contributed by atoms with Crippen molar-refractivity contribution in [2.24, 2.45) is 5.92 Å². The van der Waals surface area contributed by atoms with Gasteiger partial charge in [0, 0.05) is 19.1 Å². The minimum Gasteiger partial charge on any atom is -0.369 e. The topological polar surface area (TPSA) is 15.3 Å². The third-order valence-electron chi connectivity index (χ3n) is 4.22. The Labute approximate surface area is 116 Å². The zero-order valence-corrected chi connectivity index (χ0v) is 12.2. The largest absolute Gasteiger partial charge is 0.369 e. The molecule has 2 nitrogen and oxygen atoms in total. The summed E-state index contributed by atoms with van der Waals surface area (Å²) in [6.07, 6.45) is 3.66. The molecule has 0 amide bonds. The highest BCUT2D eigenvalue weighted by Crippen LogP contribution is 2.34. The second kappa shape index (κ2) is 6.38. The van der Waals surface area contributed by atoms with Gasteiger partial charge in [-0.3, -0.25) is 0 Å². The Morgan fingerprint density at radius 1 is 1.47 bits per heavy atom. The van der Waals surface area contributed by atoms with E-state index in [2.05, 4.69) is 24.1 Å². The Kier molecular flexibility index (Phi) is 4.81. The summed E-state index contributed by atoms with van der Waals surface area (Å²) in [5, 5.41) is 3.22. The van der Waals surface area contributed by atoms with Crippen molar-refractivity contribution < 1.29 is 4.39 Å². The molecule has 1 aliphatic heterocycles. The smallest absolute Gasteiger partial charge is 0.146 e. The highest BCUT2D eigenvalue weighted by atomic mass is 19.1.